The molecule has 1 aliphatic heterocycles. The Morgan fingerprint density at radius 3 is 2.59 bits per heavy atom. The molecule has 1 unspecified atom stereocenters. The predicted octanol–water partition coefficient (Wildman–Crippen LogP) is 4.49. The maximum absolute atomic E-state index is 13.0. The molecule has 0 radical (unpaired) electrons. The van der Waals surface area contributed by atoms with Crippen LogP contribution in [0, 0.1) is 0 Å². The molecule has 3 rings (SSSR count). The highest BCUT2D eigenvalue weighted by molar-refractivity contribution is 9.10. The van der Waals surface area contributed by atoms with Gasteiger partial charge in [-0.25, -0.2) is 4.79 Å². The predicted molar refractivity (Wildman–Crippen MR) is 104 cm³/mol. The minimum absolute atomic E-state index is 0.169. The van der Waals surface area contributed by atoms with Crippen molar-refractivity contribution < 1.29 is 19.1 Å². The first-order valence-corrected chi connectivity index (χ1v) is 9.11. The van der Waals surface area contributed by atoms with Crippen LogP contribution in [0.4, 0.5) is 4.79 Å². The van der Waals surface area contributed by atoms with Gasteiger partial charge >= 0.3 is 11.8 Å². The number of carbonyl (C=O) groups excluding carboxylic acids is 2. The van der Waals surface area contributed by atoms with Crippen molar-refractivity contribution in [3.8, 4) is 0 Å². The number of carbonyl (C=O) groups is 2. The largest absolute Gasteiger partial charge is 0.449 e. The smallest absolute Gasteiger partial charge is 0.414 e. The van der Waals surface area contributed by atoms with E-state index in [-0.39, 0.29) is 12.3 Å². The lowest BCUT2D eigenvalue weighted by molar-refractivity contribution is -0.0156. The fourth-order valence-electron chi connectivity index (χ4n) is 2.96. The van der Waals surface area contributed by atoms with Crippen LogP contribution in [-0.4, -0.2) is 33.9 Å². The van der Waals surface area contributed by atoms with Gasteiger partial charge in [0.05, 0.1) is 6.61 Å². The van der Waals surface area contributed by atoms with Gasteiger partial charge in [0.1, 0.15) is 0 Å². The van der Waals surface area contributed by atoms with Gasteiger partial charge in [0.15, 0.2) is 6.04 Å². The van der Waals surface area contributed by atoms with Crippen LogP contribution in [0.2, 0.25) is 0 Å². The molecule has 2 aromatic carbocycles. The average Bonchev–Trinajstić information content (AvgIpc) is 2.69. The third-order valence-electron chi connectivity index (χ3n) is 4.18. The van der Waals surface area contributed by atoms with Crippen LogP contribution in [-0.2, 0) is 4.74 Å². The number of halogens is 1. The molecule has 0 bridgehead atoms. The highest BCUT2D eigenvalue weighted by Gasteiger charge is 2.42. The zero-order valence-corrected chi connectivity index (χ0v) is 16.1. The Bertz CT molecular complexity index is 966. The molecule has 7 heteroatoms. The molecule has 1 aliphatic rings. The van der Waals surface area contributed by atoms with Crippen molar-refractivity contribution in [3.63, 3.8) is 0 Å². The summed E-state index contributed by atoms with van der Waals surface area (Å²) in [6.45, 7) is 1.88. The Morgan fingerprint density at radius 2 is 1.93 bits per heavy atom. The normalized spacial score (nSPS) is 14.9. The Labute approximate surface area is 164 Å². The molecule has 0 N–H and O–H groups in total. The quantitative estimate of drug-likeness (QED) is 0.313. The van der Waals surface area contributed by atoms with E-state index in [1.165, 1.54) is 11.1 Å². The van der Waals surface area contributed by atoms with Crippen LogP contribution in [0.1, 0.15) is 34.5 Å². The summed E-state index contributed by atoms with van der Waals surface area (Å²) in [5.41, 5.74) is 11.3. The van der Waals surface area contributed by atoms with Crippen molar-refractivity contribution in [3.05, 3.63) is 81.4 Å². The summed E-state index contributed by atoms with van der Waals surface area (Å²) in [5, 5.41) is 0. The van der Waals surface area contributed by atoms with E-state index in [0.29, 0.717) is 11.1 Å². The van der Waals surface area contributed by atoms with E-state index in [2.05, 4.69) is 20.7 Å². The summed E-state index contributed by atoms with van der Waals surface area (Å²) >= 11 is 3.48. The fraction of sp³-hybridized carbons (Fsp3) is 0.150. The third-order valence-corrected chi connectivity index (χ3v) is 4.87. The van der Waals surface area contributed by atoms with E-state index in [4.69, 9.17) is 4.74 Å². The molecular formula is C20H16BrN3O3. The second kappa shape index (κ2) is 8.12. The molecule has 6 nitrogen and oxygen atoms in total. The number of hydrogen-bond donors (Lipinski definition) is 0. The number of amides is 1. The summed E-state index contributed by atoms with van der Waals surface area (Å²) in [4.78, 5) is 30.0. The number of rotatable bonds is 4. The molecule has 136 valence electrons. The summed E-state index contributed by atoms with van der Waals surface area (Å²) in [5.74, 6) is -0.473. The van der Waals surface area contributed by atoms with Gasteiger partial charge in [0, 0.05) is 16.2 Å². The van der Waals surface area contributed by atoms with Crippen molar-refractivity contribution in [2.45, 2.75) is 13.0 Å². The Balaban J connectivity index is 2.13. The minimum atomic E-state index is -0.917. The molecule has 0 saturated carbocycles. The highest BCUT2D eigenvalue weighted by Crippen LogP contribution is 2.36. The number of benzene rings is 2. The van der Waals surface area contributed by atoms with Crippen molar-refractivity contribution >= 4 is 39.6 Å². The fourth-order valence-corrected chi connectivity index (χ4v) is 3.48. The van der Waals surface area contributed by atoms with Crippen molar-refractivity contribution in [2.75, 3.05) is 6.61 Å². The number of nitrogens with zero attached hydrogens (tertiary/aromatic N) is 3. The summed E-state index contributed by atoms with van der Waals surface area (Å²) in [7, 11) is 0. The van der Waals surface area contributed by atoms with Crippen molar-refractivity contribution in [2.24, 2.45) is 0 Å². The van der Waals surface area contributed by atoms with Gasteiger partial charge in [-0.05, 0) is 30.2 Å². The maximum atomic E-state index is 13.0. The Kier molecular flexibility index (Phi) is 5.64. The first kappa shape index (κ1) is 18.8. The highest BCUT2D eigenvalue weighted by atomic mass is 79.9. The van der Waals surface area contributed by atoms with E-state index >= 15 is 0 Å². The van der Waals surface area contributed by atoms with E-state index in [0.717, 1.165) is 10.0 Å². The third kappa shape index (κ3) is 3.60. The zero-order chi connectivity index (χ0) is 19.4. The molecule has 0 aliphatic carbocycles. The number of Topliss-reactive ketones (excluding diaryl/α,β-unsaturated/α-hetero) is 1. The monoisotopic (exact) mass is 425 g/mol. The summed E-state index contributed by atoms with van der Waals surface area (Å²) < 4.78 is 5.91. The van der Waals surface area contributed by atoms with Crippen molar-refractivity contribution in [1.29, 1.82) is 0 Å². The van der Waals surface area contributed by atoms with Gasteiger partial charge in [0.2, 0.25) is 0 Å². The first-order chi connectivity index (χ1) is 13.1. The molecule has 0 spiro atoms. The number of fused-ring (bicyclic) bond motifs is 1. The van der Waals surface area contributed by atoms with Gasteiger partial charge in [-0.2, -0.15) is 4.79 Å². The SMILES string of the molecule is CCOC(=O)N1C=Cc2c(Br)cccc2C1C(=[N+]=[N-])C(=O)c1ccccc1. The molecule has 1 heterocycles. The number of ether oxygens (including phenoxy) is 1. The summed E-state index contributed by atoms with van der Waals surface area (Å²) in [6.07, 6.45) is 2.64. The van der Waals surface area contributed by atoms with E-state index < -0.39 is 17.9 Å². The second-order valence-electron chi connectivity index (χ2n) is 5.75. The first-order valence-electron chi connectivity index (χ1n) is 8.31. The van der Waals surface area contributed by atoms with Gasteiger partial charge < -0.3 is 10.3 Å². The van der Waals surface area contributed by atoms with Crippen LogP contribution >= 0.6 is 15.9 Å². The summed E-state index contributed by atoms with van der Waals surface area (Å²) in [6, 6.07) is 13.0. The van der Waals surface area contributed by atoms with Crippen LogP contribution in [0.25, 0.3) is 11.6 Å². The van der Waals surface area contributed by atoms with E-state index in [1.54, 1.807) is 55.5 Å². The lowest BCUT2D eigenvalue weighted by Gasteiger charge is -2.29. The van der Waals surface area contributed by atoms with Crippen LogP contribution in [0.3, 0.4) is 0 Å². The van der Waals surface area contributed by atoms with Gasteiger partial charge in [-0.1, -0.05) is 58.4 Å². The van der Waals surface area contributed by atoms with Crippen molar-refractivity contribution in [1.82, 2.24) is 4.90 Å². The lowest BCUT2D eigenvalue weighted by atomic mass is 9.89. The Morgan fingerprint density at radius 1 is 1.19 bits per heavy atom. The lowest BCUT2D eigenvalue weighted by Crippen LogP contribution is -2.40. The molecule has 27 heavy (non-hydrogen) atoms. The average molecular weight is 426 g/mol. The standard InChI is InChI=1S/C20H16BrN3O3/c1-2-27-20(26)24-12-11-14-15(9-6-10-16(14)21)18(24)17(23-22)19(25)13-7-4-3-5-8-13/h3-12,18H,2H2,1H3. The zero-order valence-electron chi connectivity index (χ0n) is 14.5. The molecule has 0 saturated heterocycles. The van der Waals surface area contributed by atoms with E-state index in [1.807, 2.05) is 6.07 Å². The van der Waals surface area contributed by atoms with Crippen LogP contribution < -0.4 is 0 Å². The van der Waals surface area contributed by atoms with E-state index in [9.17, 15) is 15.1 Å². The number of hydrogen-bond acceptors (Lipinski definition) is 3. The molecule has 0 aromatic heterocycles. The molecule has 0 fully saturated rings. The van der Waals surface area contributed by atoms with Crippen LogP contribution in [0.15, 0.2) is 59.2 Å². The number of ketones is 1. The van der Waals surface area contributed by atoms with Gasteiger partial charge in [-0.3, -0.25) is 9.69 Å². The molecule has 1 amide bonds. The Hall–Kier alpha value is -3.02. The minimum Gasteiger partial charge on any atom is -0.449 e. The molecule has 1 atom stereocenters. The van der Waals surface area contributed by atoms with Gasteiger partial charge in [0.25, 0.3) is 5.78 Å². The van der Waals surface area contributed by atoms with Gasteiger partial charge in [-0.15, -0.1) is 0 Å². The van der Waals surface area contributed by atoms with Crippen LogP contribution in [0.5, 0.6) is 0 Å². The second-order valence-corrected chi connectivity index (χ2v) is 6.60. The topological polar surface area (TPSA) is 83.0 Å². The molecule has 2 aromatic rings. The maximum Gasteiger partial charge on any atom is 0.414 e. The molecular weight excluding hydrogens is 410 g/mol.